The van der Waals surface area contributed by atoms with Crippen molar-refractivity contribution in [2.24, 2.45) is 5.92 Å². The zero-order chi connectivity index (χ0) is 24.6. The van der Waals surface area contributed by atoms with E-state index < -0.39 is 33.9 Å². The Hall–Kier alpha value is -1.97. The summed E-state index contributed by atoms with van der Waals surface area (Å²) in [5.41, 5.74) is 0.215. The van der Waals surface area contributed by atoms with Crippen molar-refractivity contribution >= 4 is 21.7 Å². The smallest absolute Gasteiger partial charge is 0.251 e. The standard InChI is InChI=1S/C24H39N3O5S/c1-16(2)13-21(27-24(30)18-9-8-12-20(14-18)33(4,31)32)22(28)15-25-17(3)23(29)26-19-10-6-5-7-11-19/h8-9,12,14,16-17,19,21-22,25,28H,5-7,10-11,13,15H2,1-4H3,(H,26,29)(H,27,30)/t17-,21-,22+/m0/s1. The van der Waals surface area contributed by atoms with E-state index in [2.05, 4.69) is 16.0 Å². The molecule has 0 bridgehead atoms. The zero-order valence-corrected chi connectivity index (χ0v) is 21.0. The van der Waals surface area contributed by atoms with Crippen molar-refractivity contribution in [3.8, 4) is 0 Å². The van der Waals surface area contributed by atoms with Gasteiger partial charge in [-0.2, -0.15) is 0 Å². The van der Waals surface area contributed by atoms with Gasteiger partial charge in [-0.15, -0.1) is 0 Å². The lowest BCUT2D eigenvalue weighted by Crippen LogP contribution is -2.52. The van der Waals surface area contributed by atoms with Crippen LogP contribution in [0.1, 0.15) is 69.7 Å². The molecule has 186 valence electrons. The summed E-state index contributed by atoms with van der Waals surface area (Å²) in [5, 5.41) is 19.8. The van der Waals surface area contributed by atoms with Crippen LogP contribution in [0.25, 0.3) is 0 Å². The molecule has 9 heteroatoms. The van der Waals surface area contributed by atoms with E-state index in [4.69, 9.17) is 0 Å². The summed E-state index contributed by atoms with van der Waals surface area (Å²) in [5.74, 6) is -0.330. The van der Waals surface area contributed by atoms with Crippen molar-refractivity contribution < 1.29 is 23.1 Å². The van der Waals surface area contributed by atoms with E-state index in [1.165, 1.54) is 24.6 Å². The summed E-state index contributed by atoms with van der Waals surface area (Å²) in [6, 6.07) is 5.03. The molecular weight excluding hydrogens is 442 g/mol. The highest BCUT2D eigenvalue weighted by molar-refractivity contribution is 7.90. The molecule has 0 aromatic heterocycles. The second-order valence-electron chi connectivity index (χ2n) is 9.55. The topological polar surface area (TPSA) is 125 Å². The fourth-order valence-corrected chi connectivity index (χ4v) is 4.71. The predicted octanol–water partition coefficient (Wildman–Crippen LogP) is 2.02. The van der Waals surface area contributed by atoms with Gasteiger partial charge < -0.3 is 21.1 Å². The maximum atomic E-state index is 12.8. The summed E-state index contributed by atoms with van der Waals surface area (Å²) in [6.07, 6.45) is 6.20. The molecule has 8 nitrogen and oxygen atoms in total. The van der Waals surface area contributed by atoms with E-state index in [0.717, 1.165) is 31.9 Å². The van der Waals surface area contributed by atoms with Crippen molar-refractivity contribution in [1.82, 2.24) is 16.0 Å². The molecule has 0 heterocycles. The van der Waals surface area contributed by atoms with Crippen LogP contribution in [0.5, 0.6) is 0 Å². The third-order valence-electron chi connectivity index (χ3n) is 6.01. The van der Waals surface area contributed by atoms with E-state index >= 15 is 0 Å². The van der Waals surface area contributed by atoms with Gasteiger partial charge in [0.25, 0.3) is 5.91 Å². The average molecular weight is 482 g/mol. The zero-order valence-electron chi connectivity index (χ0n) is 20.1. The summed E-state index contributed by atoms with van der Waals surface area (Å²) in [4.78, 5) is 25.3. The van der Waals surface area contributed by atoms with E-state index in [1.807, 2.05) is 13.8 Å². The molecule has 1 aromatic rings. The predicted molar refractivity (Wildman–Crippen MR) is 129 cm³/mol. The number of carbonyl (C=O) groups excluding carboxylic acids is 2. The molecule has 33 heavy (non-hydrogen) atoms. The van der Waals surface area contributed by atoms with Crippen LogP contribution in [0.15, 0.2) is 29.2 Å². The highest BCUT2D eigenvalue weighted by Gasteiger charge is 2.25. The quantitative estimate of drug-likeness (QED) is 0.383. The number of rotatable bonds is 11. The monoisotopic (exact) mass is 481 g/mol. The highest BCUT2D eigenvalue weighted by atomic mass is 32.2. The van der Waals surface area contributed by atoms with Gasteiger partial charge in [-0.05, 0) is 50.3 Å². The molecule has 0 saturated heterocycles. The molecule has 0 aliphatic heterocycles. The van der Waals surface area contributed by atoms with Crippen molar-refractivity contribution in [1.29, 1.82) is 0 Å². The largest absolute Gasteiger partial charge is 0.390 e. The van der Waals surface area contributed by atoms with Gasteiger partial charge in [-0.25, -0.2) is 8.42 Å². The summed E-state index contributed by atoms with van der Waals surface area (Å²) in [6.45, 7) is 5.88. The fourth-order valence-electron chi connectivity index (χ4n) is 4.05. The minimum absolute atomic E-state index is 0.0653. The molecule has 0 radical (unpaired) electrons. The van der Waals surface area contributed by atoms with Crippen LogP contribution in [0.4, 0.5) is 0 Å². The Bertz CT molecular complexity index is 897. The first-order chi connectivity index (χ1) is 15.5. The van der Waals surface area contributed by atoms with Crippen molar-refractivity contribution in [3.63, 3.8) is 0 Å². The summed E-state index contributed by atoms with van der Waals surface area (Å²) in [7, 11) is -3.44. The van der Waals surface area contributed by atoms with Crippen LogP contribution < -0.4 is 16.0 Å². The molecule has 1 saturated carbocycles. The van der Waals surface area contributed by atoms with E-state index in [1.54, 1.807) is 13.0 Å². The number of benzene rings is 1. The lowest BCUT2D eigenvalue weighted by atomic mass is 9.95. The summed E-state index contributed by atoms with van der Waals surface area (Å²) < 4.78 is 23.6. The first-order valence-corrected chi connectivity index (χ1v) is 13.7. The lowest BCUT2D eigenvalue weighted by Gasteiger charge is -2.28. The molecule has 4 N–H and O–H groups in total. The van der Waals surface area contributed by atoms with Gasteiger partial charge in [-0.3, -0.25) is 9.59 Å². The number of hydrogen-bond acceptors (Lipinski definition) is 6. The Morgan fingerprint density at radius 3 is 2.39 bits per heavy atom. The van der Waals surface area contributed by atoms with Gasteiger partial charge in [0.1, 0.15) is 0 Å². The van der Waals surface area contributed by atoms with Gasteiger partial charge >= 0.3 is 0 Å². The molecule has 1 aliphatic rings. The second kappa shape index (κ2) is 12.5. The molecule has 2 amide bonds. The number of aliphatic hydroxyl groups is 1. The van der Waals surface area contributed by atoms with Gasteiger partial charge in [0.05, 0.1) is 23.1 Å². The number of nitrogens with one attached hydrogen (secondary N) is 3. The minimum atomic E-state index is -3.44. The Balaban J connectivity index is 1.96. The molecule has 1 aromatic carbocycles. The van der Waals surface area contributed by atoms with Crippen LogP contribution >= 0.6 is 0 Å². The van der Waals surface area contributed by atoms with Crippen LogP contribution in [-0.2, 0) is 14.6 Å². The number of sulfone groups is 1. The van der Waals surface area contributed by atoms with E-state index in [0.29, 0.717) is 6.42 Å². The van der Waals surface area contributed by atoms with Crippen molar-refractivity contribution in [2.75, 3.05) is 12.8 Å². The number of aliphatic hydroxyl groups excluding tert-OH is 1. The van der Waals surface area contributed by atoms with Crippen LogP contribution in [-0.4, -0.2) is 62.4 Å². The fraction of sp³-hybridized carbons (Fsp3) is 0.667. The normalized spacial score (nSPS) is 17.9. The van der Waals surface area contributed by atoms with Gasteiger partial charge in [-0.1, -0.05) is 39.2 Å². The van der Waals surface area contributed by atoms with Crippen molar-refractivity contribution in [3.05, 3.63) is 29.8 Å². The Labute approximate surface area is 197 Å². The number of amides is 2. The Kier molecular flexibility index (Phi) is 10.3. The SMILES string of the molecule is CC(C)C[C@H](NC(=O)c1cccc(S(C)(=O)=O)c1)[C@H](O)CN[C@@H](C)C(=O)NC1CCCCC1. The molecule has 2 rings (SSSR count). The lowest BCUT2D eigenvalue weighted by molar-refractivity contribution is -0.123. The van der Waals surface area contributed by atoms with Crippen LogP contribution in [0, 0.1) is 5.92 Å². The number of carbonyl (C=O) groups is 2. The third-order valence-corrected chi connectivity index (χ3v) is 7.12. The minimum Gasteiger partial charge on any atom is -0.390 e. The van der Waals surface area contributed by atoms with E-state index in [-0.39, 0.29) is 34.9 Å². The maximum absolute atomic E-state index is 12.8. The first kappa shape index (κ1) is 27.3. The van der Waals surface area contributed by atoms with E-state index in [9.17, 15) is 23.1 Å². The second-order valence-corrected chi connectivity index (χ2v) is 11.6. The van der Waals surface area contributed by atoms with Gasteiger partial charge in [0.15, 0.2) is 9.84 Å². The van der Waals surface area contributed by atoms with Crippen LogP contribution in [0.2, 0.25) is 0 Å². The third kappa shape index (κ3) is 9.06. The van der Waals surface area contributed by atoms with Gasteiger partial charge in [0, 0.05) is 24.4 Å². The Morgan fingerprint density at radius 2 is 1.79 bits per heavy atom. The van der Waals surface area contributed by atoms with Crippen LogP contribution in [0.3, 0.4) is 0 Å². The molecule has 1 aliphatic carbocycles. The first-order valence-electron chi connectivity index (χ1n) is 11.8. The molecule has 0 spiro atoms. The molecule has 1 fully saturated rings. The summed E-state index contributed by atoms with van der Waals surface area (Å²) >= 11 is 0. The van der Waals surface area contributed by atoms with Gasteiger partial charge in [0.2, 0.25) is 5.91 Å². The average Bonchev–Trinajstić information content (AvgIpc) is 2.76. The van der Waals surface area contributed by atoms with Crippen molar-refractivity contribution in [2.45, 2.75) is 88.4 Å². The Morgan fingerprint density at radius 1 is 1.12 bits per heavy atom. The maximum Gasteiger partial charge on any atom is 0.251 e. The number of hydrogen-bond donors (Lipinski definition) is 4. The highest BCUT2D eigenvalue weighted by Crippen LogP contribution is 2.17. The molecule has 3 atom stereocenters. The molecular formula is C24H39N3O5S. The molecule has 0 unspecified atom stereocenters.